The number of ether oxygens (including phenoxy) is 2. The average Bonchev–Trinajstić information content (AvgIpc) is 3.03. The van der Waals surface area contributed by atoms with Gasteiger partial charge in [0.1, 0.15) is 0 Å². The van der Waals surface area contributed by atoms with E-state index in [0.29, 0.717) is 27.8 Å². The van der Waals surface area contributed by atoms with Crippen molar-refractivity contribution in [1.82, 2.24) is 0 Å². The van der Waals surface area contributed by atoms with Crippen LogP contribution in [0.15, 0.2) is 0 Å². The number of hydrogen-bond acceptors (Lipinski definition) is 2. The van der Waals surface area contributed by atoms with Crippen molar-refractivity contribution in [3.8, 4) is 0 Å². The summed E-state index contributed by atoms with van der Waals surface area (Å²) in [5, 5.41) is 17.0. The van der Waals surface area contributed by atoms with E-state index in [-0.39, 0.29) is 50.4 Å². The van der Waals surface area contributed by atoms with Gasteiger partial charge in [0.05, 0.1) is 11.7 Å². The molecule has 0 spiro atoms. The van der Waals surface area contributed by atoms with Crippen LogP contribution in [0.1, 0.15) is 33.1 Å². The van der Waals surface area contributed by atoms with E-state index in [1.54, 1.807) is 0 Å². The van der Waals surface area contributed by atoms with Crippen molar-refractivity contribution in [2.24, 2.45) is 0 Å². The topological polar surface area (TPSA) is 63.1 Å². The Morgan fingerprint density at radius 2 is 1.50 bits per heavy atom. The van der Waals surface area contributed by atoms with Gasteiger partial charge in [0.2, 0.25) is 0 Å². The zero-order valence-electron chi connectivity index (χ0n) is 10.6. The summed E-state index contributed by atoms with van der Waals surface area (Å²) in [6.07, 6.45) is 4.51. The number of halogens is 1. The zero-order valence-corrected chi connectivity index (χ0v) is 16.1. The molecule has 3 unspecified atom stereocenters. The second-order valence-corrected chi connectivity index (χ2v) is 10.6. The minimum absolute atomic E-state index is 0. The van der Waals surface area contributed by atoms with E-state index in [0.717, 1.165) is 38.9 Å². The van der Waals surface area contributed by atoms with Crippen LogP contribution >= 0.6 is 42.6 Å². The zero-order chi connectivity index (χ0) is 12.5. The van der Waals surface area contributed by atoms with E-state index in [1.165, 1.54) is 0 Å². The molecule has 4 nitrogen and oxygen atoms in total. The monoisotopic (exact) mass is 411 g/mol. The smallest absolute Gasteiger partial charge is 0.779 e. The molecule has 20 heavy (non-hydrogen) atoms. The van der Waals surface area contributed by atoms with Crippen molar-refractivity contribution in [3.63, 3.8) is 0 Å². The third kappa shape index (κ3) is 10.2. The molecule has 0 N–H and O–H groups in total. The van der Waals surface area contributed by atoms with Crippen LogP contribution in [0.2, 0.25) is 0 Å². The van der Waals surface area contributed by atoms with E-state index >= 15 is 0 Å². The minimum Gasteiger partial charge on any atom is -0.779 e. The second kappa shape index (κ2) is 17.7. The minimum atomic E-state index is -0.477. The Hall–Kier alpha value is 2.36. The van der Waals surface area contributed by atoms with Gasteiger partial charge in [-0.25, -0.2) is 16.1 Å². The third-order valence-corrected chi connectivity index (χ3v) is 7.89. The van der Waals surface area contributed by atoms with E-state index in [2.05, 4.69) is 0 Å². The molecule has 0 bridgehead atoms. The Morgan fingerprint density at radius 1 is 1.10 bits per heavy atom. The Morgan fingerprint density at radius 3 is 1.70 bits per heavy atom. The van der Waals surface area contributed by atoms with E-state index in [4.69, 9.17) is 25.9 Å². The summed E-state index contributed by atoms with van der Waals surface area (Å²) >= 11 is 4.95. The summed E-state index contributed by atoms with van der Waals surface area (Å²) in [6.45, 7) is 1.73. The van der Waals surface area contributed by atoms with Gasteiger partial charge in [-0.05, 0) is 33.3 Å². The van der Waals surface area contributed by atoms with Crippen LogP contribution < -0.4 is 18.9 Å². The third-order valence-electron chi connectivity index (χ3n) is 2.54. The largest absolute Gasteiger partial charge is 1.00 e. The predicted molar refractivity (Wildman–Crippen MR) is 86.3 cm³/mol. The van der Waals surface area contributed by atoms with Gasteiger partial charge in [0.25, 0.3) is 0 Å². The Balaban J connectivity index is -0.000000372. The quantitative estimate of drug-likeness (QED) is 0.525. The van der Waals surface area contributed by atoms with Crippen molar-refractivity contribution in [2.45, 2.75) is 44.8 Å². The van der Waals surface area contributed by atoms with Gasteiger partial charge in [-0.15, -0.1) is 0 Å². The Kier molecular flexibility index (Phi) is 24.1. The standard InChI is InChI=1S/C8H14NO2P2.CH4.ClHNP2.Li.Ni/c9-12-13(7-3-1-5-10-7)8-4-2-6-11-8;;1-3-4-2;;/h7-8H,1-6H2;1H4;3H;;/q-1;;-1;+1;. The van der Waals surface area contributed by atoms with Crippen molar-refractivity contribution in [3.05, 3.63) is 10.3 Å². The summed E-state index contributed by atoms with van der Waals surface area (Å²) in [5.41, 5.74) is 0. The van der Waals surface area contributed by atoms with Gasteiger partial charge in [-0.3, -0.25) is 0 Å². The van der Waals surface area contributed by atoms with E-state index in [9.17, 15) is 5.16 Å². The van der Waals surface area contributed by atoms with Gasteiger partial charge in [0, 0.05) is 37.3 Å². The maximum atomic E-state index is 9.29. The fraction of sp³-hybridized carbons (Fsp3) is 1.00. The van der Waals surface area contributed by atoms with Gasteiger partial charge in [-0.1, -0.05) is 18.7 Å². The first kappa shape index (κ1) is 27.2. The van der Waals surface area contributed by atoms with Crippen molar-refractivity contribution in [2.75, 3.05) is 13.2 Å². The normalized spacial score (nSPS) is 26.2. The fourth-order valence-corrected chi connectivity index (χ4v) is 5.64. The summed E-state index contributed by atoms with van der Waals surface area (Å²) in [6, 6.07) is 0. The molecule has 2 aliphatic heterocycles. The van der Waals surface area contributed by atoms with E-state index in [1.807, 2.05) is 0 Å². The fourth-order valence-electron chi connectivity index (χ4n) is 1.84. The maximum absolute atomic E-state index is 9.29. The van der Waals surface area contributed by atoms with Gasteiger partial charge in [-0.2, -0.15) is 0 Å². The molecule has 2 fully saturated rings. The van der Waals surface area contributed by atoms with Crippen molar-refractivity contribution in [1.29, 1.82) is 0 Å². The van der Waals surface area contributed by atoms with Crippen LogP contribution in [0.25, 0.3) is 10.3 Å². The molecule has 0 amide bonds. The molecule has 0 aromatic heterocycles. The summed E-state index contributed by atoms with van der Waals surface area (Å²) in [7, 11) is 0.460. The molecule has 3 atom stereocenters. The number of hydrogen-bond donors (Lipinski definition) is 0. The van der Waals surface area contributed by atoms with Crippen molar-refractivity contribution >= 4 is 42.6 Å². The molecule has 2 heterocycles. The van der Waals surface area contributed by atoms with Crippen LogP contribution in [0.3, 0.4) is 0 Å². The van der Waals surface area contributed by atoms with Crippen LogP contribution in [0.4, 0.5) is 0 Å². The SMILES string of the molecule is C.[Li+].[N-]=PP(C1CCCO1)C1CCCO1.[N-]=PPCl.[Ni]. The summed E-state index contributed by atoms with van der Waals surface area (Å²) < 4.78 is 11.2. The molecular formula is C9H19ClLiN2NiO2P4-. The Bertz CT molecular complexity index is 234. The molecule has 116 valence electrons. The van der Waals surface area contributed by atoms with E-state index < -0.39 is 7.61 Å². The van der Waals surface area contributed by atoms with Crippen LogP contribution in [0.5, 0.6) is 0 Å². The van der Waals surface area contributed by atoms with Gasteiger partial charge in [0.15, 0.2) is 0 Å². The molecule has 0 aromatic rings. The molecule has 2 rings (SSSR count). The maximum Gasteiger partial charge on any atom is 1.00 e. The first-order valence-corrected chi connectivity index (χ1v) is 12.1. The second-order valence-electron chi connectivity index (χ2n) is 3.59. The van der Waals surface area contributed by atoms with Crippen LogP contribution in [-0.2, 0) is 26.0 Å². The Labute approximate surface area is 155 Å². The molecule has 0 radical (unpaired) electrons. The molecular weight excluding hydrogens is 393 g/mol. The molecule has 2 aliphatic rings. The first-order chi connectivity index (χ1) is 8.33. The number of rotatable bonds is 4. The van der Waals surface area contributed by atoms with Gasteiger partial charge < -0.3 is 19.8 Å². The molecule has 0 saturated carbocycles. The molecule has 11 heteroatoms. The number of nitrogens with zero attached hydrogens (tertiary/aromatic N) is 2. The van der Waals surface area contributed by atoms with Crippen LogP contribution in [-0.4, -0.2) is 24.9 Å². The van der Waals surface area contributed by atoms with Crippen LogP contribution in [0, 0.1) is 0 Å². The molecule has 0 aromatic carbocycles. The van der Waals surface area contributed by atoms with Crippen molar-refractivity contribution < 1.29 is 44.8 Å². The molecule has 0 aliphatic carbocycles. The first-order valence-electron chi connectivity index (χ1n) is 5.39. The van der Waals surface area contributed by atoms with Gasteiger partial charge >= 0.3 is 18.9 Å². The average molecular weight is 412 g/mol. The summed E-state index contributed by atoms with van der Waals surface area (Å²) in [5.74, 6) is 0.592. The summed E-state index contributed by atoms with van der Waals surface area (Å²) in [4.78, 5) is 0. The predicted octanol–water partition coefficient (Wildman–Crippen LogP) is 3.43. The molecule has 2 saturated heterocycles.